The van der Waals surface area contributed by atoms with Gasteiger partial charge in [-0.2, -0.15) is 13.2 Å². The maximum absolute atomic E-state index is 13.6. The number of nitrogens with zero attached hydrogens (tertiary/aromatic N) is 2. The first-order chi connectivity index (χ1) is 15.8. The van der Waals surface area contributed by atoms with Crippen molar-refractivity contribution in [3.63, 3.8) is 0 Å². The molecule has 2 aromatic heterocycles. The number of oxazole rings is 1. The van der Waals surface area contributed by atoms with E-state index in [1.165, 1.54) is 6.92 Å². The number of halogens is 3. The number of fused-ring (bicyclic) bond motifs is 1. The first-order valence-electron chi connectivity index (χ1n) is 10.6. The highest BCUT2D eigenvalue weighted by Crippen LogP contribution is 2.35. The van der Waals surface area contributed by atoms with Crippen molar-refractivity contribution in [1.29, 1.82) is 0 Å². The summed E-state index contributed by atoms with van der Waals surface area (Å²) in [5.74, 6) is -2.86. The van der Waals surface area contributed by atoms with Crippen molar-refractivity contribution in [3.05, 3.63) is 53.4 Å². The van der Waals surface area contributed by atoms with Crippen LogP contribution < -0.4 is 5.32 Å². The average molecular weight is 481 g/mol. The van der Waals surface area contributed by atoms with Crippen LogP contribution in [0.3, 0.4) is 0 Å². The molecule has 0 spiro atoms. The zero-order valence-electron chi connectivity index (χ0n) is 19.4. The zero-order valence-corrected chi connectivity index (χ0v) is 19.4. The molecule has 0 saturated carbocycles. The summed E-state index contributed by atoms with van der Waals surface area (Å²) in [6.45, 7) is 6.26. The Labute approximate surface area is 194 Å². The first kappa shape index (κ1) is 25.1. The average Bonchev–Trinajstić information content (AvgIpc) is 3.29. The number of aryl methyl sites for hydroxylation is 1. The molecule has 0 saturated heterocycles. The summed E-state index contributed by atoms with van der Waals surface area (Å²) in [4.78, 5) is 28.2. The molecule has 0 radical (unpaired) electrons. The van der Waals surface area contributed by atoms with Crippen LogP contribution in [0.5, 0.6) is 0 Å². The Morgan fingerprint density at radius 2 is 1.88 bits per heavy atom. The lowest BCUT2D eigenvalue weighted by Gasteiger charge is -2.22. The number of hydrogen-bond donors (Lipinski definition) is 1. The van der Waals surface area contributed by atoms with Crippen molar-refractivity contribution in [1.82, 2.24) is 14.9 Å². The third-order valence-corrected chi connectivity index (χ3v) is 4.77. The number of amides is 1. The fraction of sp³-hybridized carbons (Fsp3) is 0.435. The summed E-state index contributed by atoms with van der Waals surface area (Å²) >= 11 is 0. The smallest absolute Gasteiger partial charge is 0.437 e. The van der Waals surface area contributed by atoms with Crippen LogP contribution in [0.2, 0.25) is 0 Å². The molecule has 3 aromatic rings. The molecule has 0 fully saturated rings. The molecule has 0 aliphatic carbocycles. The lowest BCUT2D eigenvalue weighted by molar-refractivity contribution is -0.141. The Morgan fingerprint density at radius 1 is 1.21 bits per heavy atom. The van der Waals surface area contributed by atoms with Crippen molar-refractivity contribution < 1.29 is 36.7 Å². The number of hydrogen-bond acceptors (Lipinski definition) is 6. The number of esters is 1. The number of alkyl halides is 3. The molecular weight excluding hydrogens is 455 g/mol. The van der Waals surface area contributed by atoms with E-state index in [9.17, 15) is 22.8 Å². The summed E-state index contributed by atoms with van der Waals surface area (Å²) in [6, 6.07) is 6.27. The van der Waals surface area contributed by atoms with Gasteiger partial charge in [0.15, 0.2) is 5.69 Å². The van der Waals surface area contributed by atoms with Crippen molar-refractivity contribution in [3.8, 4) is 0 Å². The lowest BCUT2D eigenvalue weighted by atomic mass is 10.0. The second kappa shape index (κ2) is 9.40. The molecule has 0 aliphatic heterocycles. The van der Waals surface area contributed by atoms with E-state index < -0.39 is 47.2 Å². The van der Waals surface area contributed by atoms with Gasteiger partial charge in [-0.1, -0.05) is 18.2 Å². The minimum Gasteiger partial charge on any atom is -0.460 e. The SMILES string of the molecule is CCOC(=O)c1oc([C@@H](Cc2cn(C)c3ccccc23)NC(=O)OC(C)(C)C)nc1C(F)(F)F. The molecule has 8 nitrogen and oxygen atoms in total. The second-order valence-electron chi connectivity index (χ2n) is 8.63. The molecule has 1 amide bonds. The van der Waals surface area contributed by atoms with Crippen LogP contribution in [0.4, 0.5) is 18.0 Å². The van der Waals surface area contributed by atoms with Gasteiger partial charge in [0.05, 0.1) is 6.61 Å². The highest BCUT2D eigenvalue weighted by Gasteiger charge is 2.43. The number of rotatable bonds is 6. The van der Waals surface area contributed by atoms with E-state index in [-0.39, 0.29) is 13.0 Å². The molecule has 11 heteroatoms. The maximum atomic E-state index is 13.6. The number of para-hydroxylation sites is 1. The van der Waals surface area contributed by atoms with Gasteiger partial charge in [-0.3, -0.25) is 0 Å². The van der Waals surface area contributed by atoms with Crippen molar-refractivity contribution in [2.75, 3.05) is 6.61 Å². The summed E-state index contributed by atoms with van der Waals surface area (Å²) in [5.41, 5.74) is -0.750. The van der Waals surface area contributed by atoms with Gasteiger partial charge in [-0.15, -0.1) is 0 Å². The first-order valence-corrected chi connectivity index (χ1v) is 10.6. The van der Waals surface area contributed by atoms with E-state index >= 15 is 0 Å². The fourth-order valence-corrected chi connectivity index (χ4v) is 3.47. The third-order valence-electron chi connectivity index (χ3n) is 4.77. The lowest BCUT2D eigenvalue weighted by Crippen LogP contribution is -2.36. The number of ether oxygens (including phenoxy) is 2. The van der Waals surface area contributed by atoms with Crippen LogP contribution in [-0.2, 0) is 29.1 Å². The number of carbonyl (C=O) groups excluding carboxylic acids is 2. The van der Waals surface area contributed by atoms with Gasteiger partial charge >= 0.3 is 18.2 Å². The summed E-state index contributed by atoms with van der Waals surface area (Å²) in [5, 5.41) is 3.37. The number of nitrogens with one attached hydrogen (secondary N) is 1. The number of alkyl carbamates (subject to hydrolysis) is 1. The van der Waals surface area contributed by atoms with Gasteiger partial charge in [-0.05, 0) is 39.3 Å². The van der Waals surface area contributed by atoms with Crippen LogP contribution >= 0.6 is 0 Å². The van der Waals surface area contributed by atoms with Crippen LogP contribution in [0.1, 0.15) is 61.4 Å². The molecule has 1 N–H and O–H groups in total. The monoisotopic (exact) mass is 481 g/mol. The van der Waals surface area contributed by atoms with E-state index in [0.29, 0.717) is 0 Å². The van der Waals surface area contributed by atoms with Crippen LogP contribution in [0, 0.1) is 0 Å². The Hall–Kier alpha value is -3.50. The largest absolute Gasteiger partial charge is 0.460 e. The fourth-order valence-electron chi connectivity index (χ4n) is 3.47. The molecular formula is C23H26F3N3O5. The molecule has 0 unspecified atom stereocenters. The molecule has 2 heterocycles. The minimum atomic E-state index is -4.97. The van der Waals surface area contributed by atoms with Gasteiger partial charge in [0.25, 0.3) is 0 Å². The van der Waals surface area contributed by atoms with Gasteiger partial charge in [0.2, 0.25) is 11.7 Å². The maximum Gasteiger partial charge on any atom is 0.437 e. The van der Waals surface area contributed by atoms with Crippen LogP contribution in [-0.4, -0.2) is 33.8 Å². The minimum absolute atomic E-state index is 0.0284. The van der Waals surface area contributed by atoms with Crippen LogP contribution in [0.15, 0.2) is 34.9 Å². The zero-order chi connectivity index (χ0) is 25.3. The highest BCUT2D eigenvalue weighted by atomic mass is 19.4. The number of aromatic nitrogens is 2. The van der Waals surface area contributed by atoms with Gasteiger partial charge in [0, 0.05) is 30.6 Å². The summed E-state index contributed by atoms with van der Waals surface area (Å²) in [6.07, 6.45) is -4.02. The van der Waals surface area contributed by atoms with Gasteiger partial charge < -0.3 is 23.8 Å². The molecule has 1 atom stereocenters. The number of carbonyl (C=O) groups is 2. The molecule has 34 heavy (non-hydrogen) atoms. The van der Waals surface area contributed by atoms with Crippen molar-refractivity contribution in [2.45, 2.75) is 51.9 Å². The second-order valence-corrected chi connectivity index (χ2v) is 8.63. The topological polar surface area (TPSA) is 95.6 Å². The Morgan fingerprint density at radius 3 is 2.50 bits per heavy atom. The van der Waals surface area contributed by atoms with Gasteiger partial charge in [0.1, 0.15) is 11.6 Å². The molecule has 3 rings (SSSR count). The standard InChI is InChI=1S/C23H26F3N3O5/c1-6-32-20(30)17-18(23(24,25)26)28-19(33-17)15(27-21(31)34-22(2,3)4)11-13-12-29(5)16-10-8-7-9-14(13)16/h7-10,12,15H,6,11H2,1-5H3,(H,27,31)/t15-/m1/s1. The van der Waals surface area contributed by atoms with E-state index in [1.807, 2.05) is 35.9 Å². The van der Waals surface area contributed by atoms with Crippen LogP contribution in [0.25, 0.3) is 10.9 Å². The molecule has 1 aromatic carbocycles. The normalized spacial score (nSPS) is 13.1. The Balaban J connectivity index is 2.06. The van der Waals surface area contributed by atoms with E-state index in [1.54, 1.807) is 27.0 Å². The van der Waals surface area contributed by atoms with E-state index in [4.69, 9.17) is 13.9 Å². The predicted octanol–water partition coefficient (Wildman–Crippen LogP) is 5.17. The van der Waals surface area contributed by atoms with E-state index in [0.717, 1.165) is 16.5 Å². The third kappa shape index (κ3) is 5.70. The molecule has 0 bridgehead atoms. The summed E-state index contributed by atoms with van der Waals surface area (Å²) < 4.78 is 57.9. The number of benzene rings is 1. The highest BCUT2D eigenvalue weighted by molar-refractivity contribution is 5.87. The van der Waals surface area contributed by atoms with Gasteiger partial charge in [-0.25, -0.2) is 14.6 Å². The quantitative estimate of drug-likeness (QED) is 0.488. The van der Waals surface area contributed by atoms with Crippen molar-refractivity contribution in [2.24, 2.45) is 7.05 Å². The Kier molecular flexibility index (Phi) is 6.94. The van der Waals surface area contributed by atoms with Crippen molar-refractivity contribution >= 4 is 23.0 Å². The summed E-state index contributed by atoms with van der Waals surface area (Å²) in [7, 11) is 1.83. The van der Waals surface area contributed by atoms with E-state index in [2.05, 4.69) is 10.3 Å². The molecule has 184 valence electrons. The molecule has 0 aliphatic rings. The predicted molar refractivity (Wildman–Crippen MR) is 116 cm³/mol. The Bertz CT molecular complexity index is 1190.